The maximum atomic E-state index is 12.9. The van der Waals surface area contributed by atoms with Crippen molar-refractivity contribution in [1.82, 2.24) is 10.6 Å². The number of phenolic OH excluding ortho intramolecular Hbond substituents is 2. The quantitative estimate of drug-likeness (QED) is 0.182. The van der Waals surface area contributed by atoms with Crippen LogP contribution in [0.5, 0.6) is 11.5 Å². The molecule has 1 amide bonds. The number of hydrogen-bond acceptors (Lipinski definition) is 7. The zero-order valence-corrected chi connectivity index (χ0v) is 24.3. The van der Waals surface area contributed by atoms with Gasteiger partial charge in [0, 0.05) is 29.6 Å². The summed E-state index contributed by atoms with van der Waals surface area (Å²) in [6.45, 7) is 8.63. The van der Waals surface area contributed by atoms with Gasteiger partial charge in [-0.15, -0.1) is 0 Å². The molecule has 9 nitrogen and oxygen atoms in total. The number of carbonyl (C=O) groups excluding carboxylic acids is 1. The fourth-order valence-electron chi connectivity index (χ4n) is 4.35. The van der Waals surface area contributed by atoms with Gasteiger partial charge in [-0.2, -0.15) is 0 Å². The highest BCUT2D eigenvalue weighted by atomic mass is 32.2. The SMILES string of the molecule is CC(C)(Cc1cccc(C(=O)NCC(C)(C)c2ccc(O)cc2)c1)NC[C@H](O)c1ccc(O)c(NS(C)(=O)=O)c1. The number of amides is 1. The molecule has 0 aliphatic carbocycles. The molecule has 6 N–H and O–H groups in total. The fourth-order valence-corrected chi connectivity index (χ4v) is 4.91. The lowest BCUT2D eigenvalue weighted by atomic mass is 9.84. The second kappa shape index (κ2) is 12.3. The molecular formula is C30H39N3O6S. The van der Waals surface area contributed by atoms with E-state index in [4.69, 9.17) is 0 Å². The molecule has 0 heterocycles. The van der Waals surface area contributed by atoms with E-state index in [1.807, 2.05) is 58.0 Å². The molecule has 3 aromatic carbocycles. The first-order valence-electron chi connectivity index (χ1n) is 13.0. The Hall–Kier alpha value is -3.60. The van der Waals surface area contributed by atoms with Crippen LogP contribution in [-0.4, -0.2) is 54.5 Å². The van der Waals surface area contributed by atoms with Crippen LogP contribution >= 0.6 is 0 Å². The zero-order chi connectivity index (χ0) is 29.7. The van der Waals surface area contributed by atoms with Gasteiger partial charge in [0.15, 0.2) is 0 Å². The Balaban J connectivity index is 1.60. The predicted octanol–water partition coefficient (Wildman–Crippen LogP) is 3.82. The van der Waals surface area contributed by atoms with Crippen molar-refractivity contribution in [2.75, 3.05) is 24.1 Å². The minimum Gasteiger partial charge on any atom is -0.508 e. The van der Waals surface area contributed by atoms with Crippen molar-refractivity contribution in [3.8, 4) is 11.5 Å². The van der Waals surface area contributed by atoms with Gasteiger partial charge in [-0.05, 0) is 73.4 Å². The molecule has 216 valence electrons. The van der Waals surface area contributed by atoms with Crippen molar-refractivity contribution in [2.24, 2.45) is 0 Å². The van der Waals surface area contributed by atoms with E-state index in [1.165, 1.54) is 18.2 Å². The lowest BCUT2D eigenvalue weighted by molar-refractivity contribution is 0.0945. The minimum absolute atomic E-state index is 0.000134. The highest BCUT2D eigenvalue weighted by Gasteiger charge is 2.23. The Bertz CT molecular complexity index is 1440. The third kappa shape index (κ3) is 8.97. The maximum Gasteiger partial charge on any atom is 0.251 e. The molecule has 0 saturated heterocycles. The number of nitrogens with one attached hydrogen (secondary N) is 3. The largest absolute Gasteiger partial charge is 0.508 e. The van der Waals surface area contributed by atoms with Gasteiger partial charge in [-0.3, -0.25) is 9.52 Å². The van der Waals surface area contributed by atoms with Gasteiger partial charge in [0.1, 0.15) is 11.5 Å². The monoisotopic (exact) mass is 569 g/mol. The molecular weight excluding hydrogens is 530 g/mol. The minimum atomic E-state index is -3.59. The summed E-state index contributed by atoms with van der Waals surface area (Å²) in [5.41, 5.74) is 2.17. The summed E-state index contributed by atoms with van der Waals surface area (Å²) >= 11 is 0. The molecule has 1 atom stereocenters. The van der Waals surface area contributed by atoms with Crippen molar-refractivity contribution in [1.29, 1.82) is 0 Å². The number of anilines is 1. The van der Waals surface area contributed by atoms with Crippen LogP contribution in [0.15, 0.2) is 66.7 Å². The van der Waals surface area contributed by atoms with Crippen LogP contribution in [0.25, 0.3) is 0 Å². The molecule has 0 aliphatic rings. The summed E-state index contributed by atoms with van der Waals surface area (Å²) in [6, 6.07) is 18.6. The Morgan fingerprint density at radius 3 is 2.27 bits per heavy atom. The van der Waals surface area contributed by atoms with Crippen LogP contribution in [0, 0.1) is 0 Å². The third-order valence-electron chi connectivity index (χ3n) is 6.65. The van der Waals surface area contributed by atoms with Gasteiger partial charge in [0.2, 0.25) is 10.0 Å². The zero-order valence-electron chi connectivity index (χ0n) is 23.5. The Labute approximate surface area is 236 Å². The summed E-state index contributed by atoms with van der Waals surface area (Å²) < 4.78 is 25.3. The number of β-amino-alcohol motifs (C(OH)–C–C–N with tert-alkyl or cyclic N) is 1. The molecule has 0 aromatic heterocycles. The van der Waals surface area contributed by atoms with Gasteiger partial charge in [-0.25, -0.2) is 8.42 Å². The van der Waals surface area contributed by atoms with Gasteiger partial charge < -0.3 is 26.0 Å². The number of aromatic hydroxyl groups is 2. The molecule has 0 fully saturated rings. The van der Waals surface area contributed by atoms with Gasteiger partial charge in [0.05, 0.1) is 18.0 Å². The molecule has 3 rings (SSSR count). The van der Waals surface area contributed by atoms with E-state index < -0.39 is 21.7 Å². The number of benzene rings is 3. The molecule has 3 aromatic rings. The molecule has 0 unspecified atom stereocenters. The van der Waals surface area contributed by atoms with Gasteiger partial charge in [-0.1, -0.05) is 44.2 Å². The summed E-state index contributed by atoms with van der Waals surface area (Å²) in [7, 11) is -3.59. The van der Waals surface area contributed by atoms with Crippen LogP contribution in [0.1, 0.15) is 60.8 Å². The van der Waals surface area contributed by atoms with Crippen molar-refractivity contribution >= 4 is 21.6 Å². The summed E-state index contributed by atoms with van der Waals surface area (Å²) in [6.07, 6.45) is 0.613. The van der Waals surface area contributed by atoms with Crippen molar-refractivity contribution in [3.63, 3.8) is 0 Å². The topological polar surface area (TPSA) is 148 Å². The highest BCUT2D eigenvalue weighted by Crippen LogP contribution is 2.28. The Kier molecular flexibility index (Phi) is 9.50. The van der Waals surface area contributed by atoms with Crippen molar-refractivity contribution < 1.29 is 28.5 Å². The number of sulfonamides is 1. The van der Waals surface area contributed by atoms with Crippen LogP contribution in [0.3, 0.4) is 0 Å². The van der Waals surface area contributed by atoms with Crippen molar-refractivity contribution in [2.45, 2.75) is 51.2 Å². The second-order valence-electron chi connectivity index (χ2n) is 11.4. The van der Waals surface area contributed by atoms with Crippen LogP contribution in [-0.2, 0) is 21.9 Å². The predicted molar refractivity (Wildman–Crippen MR) is 157 cm³/mol. The Morgan fingerprint density at radius 2 is 1.62 bits per heavy atom. The standard InChI is InChI=1S/C30H39N3O6S/c1-29(2,23-10-12-24(34)13-11-23)19-31-28(37)22-8-6-7-20(15-22)17-30(3,4)32-18-27(36)21-9-14-26(35)25(16-21)33-40(5,38)39/h6-16,27,32-36H,17-19H2,1-5H3,(H,31,37)/t27-/m0/s1. The molecule has 0 saturated carbocycles. The van der Waals surface area contributed by atoms with Crippen LogP contribution in [0.4, 0.5) is 5.69 Å². The molecule has 0 spiro atoms. The summed E-state index contributed by atoms with van der Waals surface area (Å²) in [5.74, 6) is -0.216. The van der Waals surface area contributed by atoms with Gasteiger partial charge in [0.25, 0.3) is 5.91 Å². The fraction of sp³-hybridized carbons (Fsp3) is 0.367. The highest BCUT2D eigenvalue weighted by molar-refractivity contribution is 7.92. The average Bonchev–Trinajstić information content (AvgIpc) is 2.86. The third-order valence-corrected chi connectivity index (χ3v) is 7.24. The Morgan fingerprint density at radius 1 is 0.950 bits per heavy atom. The van der Waals surface area contributed by atoms with Crippen molar-refractivity contribution in [3.05, 3.63) is 89.0 Å². The average molecular weight is 570 g/mol. The number of aliphatic hydroxyl groups is 1. The normalized spacial score (nSPS) is 13.1. The smallest absolute Gasteiger partial charge is 0.251 e. The summed E-state index contributed by atoms with van der Waals surface area (Å²) in [5, 5.41) is 36.5. The van der Waals surface area contributed by atoms with Crippen LogP contribution in [0.2, 0.25) is 0 Å². The number of carbonyl (C=O) groups is 1. The van der Waals surface area contributed by atoms with Gasteiger partial charge >= 0.3 is 0 Å². The lowest BCUT2D eigenvalue weighted by Gasteiger charge is -2.28. The molecule has 0 bridgehead atoms. The van der Waals surface area contributed by atoms with E-state index in [-0.39, 0.29) is 35.1 Å². The van der Waals surface area contributed by atoms with E-state index in [0.29, 0.717) is 24.1 Å². The number of phenols is 2. The number of aliphatic hydroxyl groups excluding tert-OH is 1. The van der Waals surface area contributed by atoms with E-state index >= 15 is 0 Å². The van der Waals surface area contributed by atoms with Crippen LogP contribution < -0.4 is 15.4 Å². The molecule has 40 heavy (non-hydrogen) atoms. The maximum absolute atomic E-state index is 12.9. The second-order valence-corrected chi connectivity index (χ2v) is 13.2. The first-order valence-corrected chi connectivity index (χ1v) is 14.8. The van der Waals surface area contributed by atoms with E-state index in [1.54, 1.807) is 18.2 Å². The summed E-state index contributed by atoms with van der Waals surface area (Å²) in [4.78, 5) is 12.9. The van der Waals surface area contributed by atoms with E-state index in [9.17, 15) is 28.5 Å². The number of hydrogen-bond donors (Lipinski definition) is 6. The number of rotatable bonds is 12. The van der Waals surface area contributed by atoms with E-state index in [2.05, 4.69) is 15.4 Å². The van der Waals surface area contributed by atoms with E-state index in [0.717, 1.165) is 17.4 Å². The first kappa shape index (κ1) is 30.9. The lowest BCUT2D eigenvalue weighted by Crippen LogP contribution is -2.43. The first-order chi connectivity index (χ1) is 18.5. The molecule has 10 heteroatoms. The molecule has 0 aliphatic heterocycles. The molecule has 0 radical (unpaired) electrons.